The lowest BCUT2D eigenvalue weighted by Gasteiger charge is -2.12. The molecule has 6 nitrogen and oxygen atoms in total. The number of nitrogens with zero attached hydrogens (tertiary/aromatic N) is 2. The predicted octanol–water partition coefficient (Wildman–Crippen LogP) is 0.599. The number of carbonyl (C=O) groups is 3. The molecule has 1 aromatic rings. The summed E-state index contributed by atoms with van der Waals surface area (Å²) in [7, 11) is 0. The highest BCUT2D eigenvalue weighted by atomic mass is 16.4. The fourth-order valence-corrected chi connectivity index (χ4v) is 1.45. The second kappa shape index (κ2) is 3.82. The van der Waals surface area contributed by atoms with Crippen LogP contribution in [0.1, 0.15) is 17.3 Å². The number of carboxylic acid groups (broad SMARTS) is 1. The van der Waals surface area contributed by atoms with Gasteiger partial charge in [0.1, 0.15) is 5.82 Å². The summed E-state index contributed by atoms with van der Waals surface area (Å²) in [5, 5.41) is 8.69. The van der Waals surface area contributed by atoms with Crippen LogP contribution in [0.15, 0.2) is 30.0 Å². The summed E-state index contributed by atoms with van der Waals surface area (Å²) in [6.07, 6.45) is 2.32. The molecule has 0 aromatic carbocycles. The number of rotatable bonds is 2. The van der Waals surface area contributed by atoms with Crippen LogP contribution in [-0.4, -0.2) is 27.9 Å². The van der Waals surface area contributed by atoms with Gasteiger partial charge in [0.05, 0.1) is 5.56 Å². The van der Waals surface area contributed by atoms with E-state index in [0.29, 0.717) is 5.57 Å². The number of carbonyl (C=O) groups excluding carboxylic acids is 2. The molecule has 1 N–H and O–H groups in total. The molecule has 0 aliphatic carbocycles. The lowest BCUT2D eigenvalue weighted by atomic mass is 10.3. The van der Waals surface area contributed by atoms with E-state index < -0.39 is 17.8 Å². The van der Waals surface area contributed by atoms with E-state index in [4.69, 9.17) is 5.11 Å². The van der Waals surface area contributed by atoms with Crippen LogP contribution in [0, 0.1) is 0 Å². The maximum Gasteiger partial charge on any atom is 0.337 e. The molecule has 0 unspecified atom stereocenters. The summed E-state index contributed by atoms with van der Waals surface area (Å²) in [5.41, 5.74) is 0.330. The molecule has 2 amide bonds. The van der Waals surface area contributed by atoms with E-state index in [1.807, 2.05) is 0 Å². The van der Waals surface area contributed by atoms with Crippen LogP contribution >= 0.6 is 0 Å². The Morgan fingerprint density at radius 2 is 2.06 bits per heavy atom. The Bertz CT molecular complexity index is 545. The Kier molecular flexibility index (Phi) is 2.47. The first-order valence-electron chi connectivity index (χ1n) is 4.77. The van der Waals surface area contributed by atoms with Gasteiger partial charge in [-0.3, -0.25) is 9.59 Å². The SMILES string of the molecule is CC1=CC(=O)N(c2ccc(C(=O)O)cn2)C1=O. The largest absolute Gasteiger partial charge is 0.478 e. The molecule has 17 heavy (non-hydrogen) atoms. The fraction of sp³-hybridized carbons (Fsp3) is 0.0909. The topological polar surface area (TPSA) is 87.6 Å². The first-order valence-corrected chi connectivity index (χ1v) is 4.77. The fourth-order valence-electron chi connectivity index (χ4n) is 1.45. The van der Waals surface area contributed by atoms with Gasteiger partial charge in [0.2, 0.25) is 0 Å². The van der Waals surface area contributed by atoms with E-state index in [1.54, 1.807) is 0 Å². The molecule has 0 saturated carbocycles. The third kappa shape index (κ3) is 1.80. The molecule has 0 saturated heterocycles. The predicted molar refractivity (Wildman–Crippen MR) is 57.4 cm³/mol. The van der Waals surface area contributed by atoms with Crippen molar-refractivity contribution in [1.29, 1.82) is 0 Å². The number of carboxylic acids is 1. The number of aromatic nitrogens is 1. The highest BCUT2D eigenvalue weighted by Gasteiger charge is 2.30. The van der Waals surface area contributed by atoms with Gasteiger partial charge < -0.3 is 5.11 Å². The highest BCUT2D eigenvalue weighted by molar-refractivity contribution is 6.29. The molecule has 0 fully saturated rings. The van der Waals surface area contributed by atoms with Gasteiger partial charge in [0.25, 0.3) is 11.8 Å². The van der Waals surface area contributed by atoms with Crippen LogP contribution in [0.3, 0.4) is 0 Å². The van der Waals surface area contributed by atoms with Gasteiger partial charge in [-0.15, -0.1) is 0 Å². The third-order valence-electron chi connectivity index (χ3n) is 2.32. The maximum absolute atomic E-state index is 11.6. The van der Waals surface area contributed by atoms with E-state index in [-0.39, 0.29) is 11.4 Å². The second-order valence-electron chi connectivity index (χ2n) is 3.52. The molecule has 86 valence electrons. The van der Waals surface area contributed by atoms with Gasteiger partial charge in [-0.25, -0.2) is 14.7 Å². The number of imide groups is 1. The molecule has 0 bridgehead atoms. The summed E-state index contributed by atoms with van der Waals surface area (Å²) in [6, 6.07) is 2.62. The van der Waals surface area contributed by atoms with Crippen molar-refractivity contribution >= 4 is 23.6 Å². The molecular weight excluding hydrogens is 224 g/mol. The number of amides is 2. The smallest absolute Gasteiger partial charge is 0.337 e. The van der Waals surface area contributed by atoms with Gasteiger partial charge in [-0.2, -0.15) is 0 Å². The minimum absolute atomic E-state index is 0.00229. The zero-order valence-electron chi connectivity index (χ0n) is 8.88. The normalized spacial score (nSPS) is 15.1. The highest BCUT2D eigenvalue weighted by Crippen LogP contribution is 2.20. The monoisotopic (exact) mass is 232 g/mol. The number of anilines is 1. The van der Waals surface area contributed by atoms with E-state index in [1.165, 1.54) is 25.1 Å². The summed E-state index contributed by atoms with van der Waals surface area (Å²) in [4.78, 5) is 38.4. The van der Waals surface area contributed by atoms with Crippen molar-refractivity contribution in [2.24, 2.45) is 0 Å². The van der Waals surface area contributed by atoms with Crippen LogP contribution in [-0.2, 0) is 9.59 Å². The van der Waals surface area contributed by atoms with E-state index >= 15 is 0 Å². The molecule has 0 atom stereocenters. The van der Waals surface area contributed by atoms with Crippen molar-refractivity contribution in [2.45, 2.75) is 6.92 Å². The quantitative estimate of drug-likeness (QED) is 0.754. The Labute approximate surface area is 96.2 Å². The maximum atomic E-state index is 11.6. The van der Waals surface area contributed by atoms with Crippen molar-refractivity contribution < 1.29 is 19.5 Å². The zero-order valence-corrected chi connectivity index (χ0v) is 8.88. The average molecular weight is 232 g/mol. The van der Waals surface area contributed by atoms with Crippen molar-refractivity contribution in [3.05, 3.63) is 35.5 Å². The molecule has 1 aliphatic heterocycles. The lowest BCUT2D eigenvalue weighted by Crippen LogP contribution is -2.31. The van der Waals surface area contributed by atoms with Crippen LogP contribution < -0.4 is 4.90 Å². The van der Waals surface area contributed by atoms with E-state index in [0.717, 1.165) is 11.1 Å². The van der Waals surface area contributed by atoms with Gasteiger partial charge in [-0.1, -0.05) is 0 Å². The van der Waals surface area contributed by atoms with Crippen LogP contribution in [0.2, 0.25) is 0 Å². The van der Waals surface area contributed by atoms with Gasteiger partial charge >= 0.3 is 5.97 Å². The Morgan fingerprint density at radius 1 is 1.35 bits per heavy atom. The van der Waals surface area contributed by atoms with E-state index in [2.05, 4.69) is 4.98 Å². The molecule has 1 aliphatic rings. The zero-order chi connectivity index (χ0) is 12.6. The molecule has 2 rings (SSSR count). The lowest BCUT2D eigenvalue weighted by molar-refractivity contribution is -0.120. The summed E-state index contributed by atoms with van der Waals surface area (Å²) < 4.78 is 0. The van der Waals surface area contributed by atoms with Crippen molar-refractivity contribution in [3.63, 3.8) is 0 Å². The molecular formula is C11H8N2O4. The van der Waals surface area contributed by atoms with Gasteiger partial charge in [-0.05, 0) is 19.1 Å². The number of hydrogen-bond acceptors (Lipinski definition) is 4. The molecule has 0 spiro atoms. The molecule has 6 heteroatoms. The number of pyridine rings is 1. The Morgan fingerprint density at radius 3 is 2.47 bits per heavy atom. The average Bonchev–Trinajstić information content (AvgIpc) is 2.53. The standard InChI is InChI=1S/C11H8N2O4/c1-6-4-9(14)13(10(6)15)8-3-2-7(5-12-8)11(16)17/h2-5H,1H3,(H,16,17). The number of hydrogen-bond donors (Lipinski definition) is 1. The van der Waals surface area contributed by atoms with Crippen LogP contribution in [0.25, 0.3) is 0 Å². The summed E-state index contributed by atoms with van der Waals surface area (Å²) >= 11 is 0. The molecule has 1 aromatic heterocycles. The van der Waals surface area contributed by atoms with Crippen LogP contribution in [0.5, 0.6) is 0 Å². The van der Waals surface area contributed by atoms with Crippen molar-refractivity contribution in [2.75, 3.05) is 4.90 Å². The van der Waals surface area contributed by atoms with Crippen LogP contribution in [0.4, 0.5) is 5.82 Å². The first-order chi connectivity index (χ1) is 8.00. The first kappa shape index (κ1) is 11.0. The second-order valence-corrected chi connectivity index (χ2v) is 3.52. The Balaban J connectivity index is 2.34. The summed E-state index contributed by atoms with van der Waals surface area (Å²) in [5.74, 6) is -1.90. The minimum Gasteiger partial charge on any atom is -0.478 e. The summed E-state index contributed by atoms with van der Waals surface area (Å²) in [6.45, 7) is 1.53. The molecule has 2 heterocycles. The van der Waals surface area contributed by atoms with Gasteiger partial charge in [0.15, 0.2) is 0 Å². The molecule has 0 radical (unpaired) electrons. The van der Waals surface area contributed by atoms with E-state index in [9.17, 15) is 14.4 Å². The minimum atomic E-state index is -1.11. The third-order valence-corrected chi connectivity index (χ3v) is 2.32. The Hall–Kier alpha value is -2.50. The van der Waals surface area contributed by atoms with Crippen molar-refractivity contribution in [3.8, 4) is 0 Å². The number of aromatic carboxylic acids is 1. The van der Waals surface area contributed by atoms with Crippen molar-refractivity contribution in [1.82, 2.24) is 4.98 Å². The van der Waals surface area contributed by atoms with Gasteiger partial charge in [0, 0.05) is 17.8 Å².